The summed E-state index contributed by atoms with van der Waals surface area (Å²) in [5.41, 5.74) is 9.28. The smallest absolute Gasteiger partial charge is 0.233 e. The van der Waals surface area contributed by atoms with E-state index in [1.165, 1.54) is 11.0 Å². The zero-order chi connectivity index (χ0) is 31.5. The molecule has 2 aliphatic heterocycles. The molecule has 4 N–H and O–H groups in total. The Morgan fingerprint density at radius 1 is 0.978 bits per heavy atom. The number of rotatable bonds is 7. The van der Waals surface area contributed by atoms with E-state index in [-0.39, 0.29) is 47.2 Å². The van der Waals surface area contributed by atoms with Crippen molar-refractivity contribution in [3.05, 3.63) is 71.7 Å². The number of carbonyl (C=O) groups excluding carboxylic acids is 3. The highest BCUT2D eigenvalue weighted by atomic mass is 19.1. The number of halogens is 1. The van der Waals surface area contributed by atoms with Crippen LogP contribution in [0, 0.1) is 17.7 Å². The zero-order valence-corrected chi connectivity index (χ0v) is 25.4. The molecule has 9 nitrogen and oxygen atoms in total. The number of benzene rings is 2. The average molecular weight is 614 g/mol. The Hall–Kier alpha value is -4.15. The number of nitrogens with two attached hydrogens (primary N) is 1. The second kappa shape index (κ2) is 13.5. The normalized spacial score (nSPS) is 22.8. The van der Waals surface area contributed by atoms with Crippen LogP contribution in [0.25, 0.3) is 11.1 Å². The van der Waals surface area contributed by atoms with Crippen molar-refractivity contribution in [1.82, 2.24) is 15.2 Å². The molecule has 3 heterocycles. The molecule has 236 valence electrons. The highest BCUT2D eigenvalue weighted by Gasteiger charge is 2.36. The van der Waals surface area contributed by atoms with Gasteiger partial charge in [0.2, 0.25) is 11.8 Å². The monoisotopic (exact) mass is 613 g/mol. The first-order chi connectivity index (χ1) is 21.7. The molecule has 1 saturated heterocycles. The maximum atomic E-state index is 14.5. The van der Waals surface area contributed by atoms with Crippen LogP contribution in [0.3, 0.4) is 0 Å². The summed E-state index contributed by atoms with van der Waals surface area (Å²) < 4.78 is 14.5. The van der Waals surface area contributed by atoms with Gasteiger partial charge in [0.15, 0.2) is 11.6 Å². The number of aromatic nitrogens is 1. The second-order valence-corrected chi connectivity index (χ2v) is 12.6. The van der Waals surface area contributed by atoms with E-state index in [4.69, 9.17) is 5.73 Å². The first kappa shape index (κ1) is 30.9. The van der Waals surface area contributed by atoms with Gasteiger partial charge in [-0.15, -0.1) is 0 Å². The van der Waals surface area contributed by atoms with Crippen LogP contribution in [0.1, 0.15) is 67.3 Å². The van der Waals surface area contributed by atoms with Crippen LogP contribution >= 0.6 is 0 Å². The quantitative estimate of drug-likeness (QED) is 0.339. The molecule has 3 aromatic rings. The molecule has 6 rings (SSSR count). The van der Waals surface area contributed by atoms with Crippen molar-refractivity contribution in [1.29, 1.82) is 0 Å². The number of aromatic hydroxyl groups is 1. The maximum absolute atomic E-state index is 14.5. The van der Waals surface area contributed by atoms with Gasteiger partial charge in [-0.05, 0) is 91.5 Å². The number of nitrogens with zero attached hydrogens (tertiary/aromatic N) is 3. The molecule has 1 aliphatic carbocycles. The molecule has 2 amide bonds. The van der Waals surface area contributed by atoms with Crippen LogP contribution in [0.5, 0.6) is 5.75 Å². The van der Waals surface area contributed by atoms with Gasteiger partial charge in [0.25, 0.3) is 0 Å². The molecule has 1 aromatic heterocycles. The Labute approximate surface area is 262 Å². The van der Waals surface area contributed by atoms with Gasteiger partial charge < -0.3 is 16.2 Å². The minimum atomic E-state index is -0.621. The Morgan fingerprint density at radius 3 is 2.62 bits per heavy atom. The molecule has 2 fully saturated rings. The molecule has 0 bridgehead atoms. The van der Waals surface area contributed by atoms with Gasteiger partial charge in [0.05, 0.1) is 17.4 Å². The van der Waals surface area contributed by atoms with E-state index in [2.05, 4.69) is 15.2 Å². The molecule has 1 atom stereocenters. The molecule has 3 aliphatic rings. The molecular formula is C35H40FN5O4. The van der Waals surface area contributed by atoms with E-state index in [0.29, 0.717) is 50.6 Å². The third kappa shape index (κ3) is 7.07. The first-order valence-electron chi connectivity index (χ1n) is 15.9. The number of pyridine rings is 1. The Morgan fingerprint density at radius 2 is 1.80 bits per heavy atom. The number of phenolic OH excluding ortho intramolecular Hbond substituents is 1. The molecule has 45 heavy (non-hydrogen) atoms. The SMILES string of the molecule is NC1CCC(CCC2CC(=O)N(c3cccc(-c4ccc(O)cc4CN4CCNC(=O)CC4)c3)c3ncc(F)cc3C2=O)CC1. The Balaban J connectivity index is 1.30. The number of nitrogens with one attached hydrogen (secondary N) is 1. The van der Waals surface area contributed by atoms with Gasteiger partial charge in [-0.3, -0.25) is 24.2 Å². The molecule has 10 heteroatoms. The summed E-state index contributed by atoms with van der Waals surface area (Å²) in [6.45, 7) is 2.37. The fourth-order valence-electron chi connectivity index (χ4n) is 6.95. The number of Topliss-reactive ketones (excluding diaryl/α,β-unsaturated/α-hetero) is 1. The number of anilines is 2. The standard InChI is InChI=1S/C35H40FN5O4/c36-26-19-31-34(45)24(7-4-22-5-8-27(37)9-6-22)18-33(44)41(35(31)39-20-26)28-3-1-2-23(16-28)30-11-10-29(42)17-25(30)21-40-14-12-32(43)38-13-15-40/h1-3,10-11,16-17,19-20,22,24,27,42H,4-9,12-15,18,21,37H2,(H,38,43). The van der Waals surface area contributed by atoms with Crippen LogP contribution in [0.2, 0.25) is 0 Å². The van der Waals surface area contributed by atoms with E-state index in [1.54, 1.807) is 18.2 Å². The highest BCUT2D eigenvalue weighted by molar-refractivity contribution is 6.13. The summed E-state index contributed by atoms with van der Waals surface area (Å²) in [6, 6.07) is 14.1. The van der Waals surface area contributed by atoms with Gasteiger partial charge in [-0.1, -0.05) is 18.2 Å². The van der Waals surface area contributed by atoms with Crippen LogP contribution in [-0.4, -0.2) is 58.3 Å². The van der Waals surface area contributed by atoms with E-state index >= 15 is 0 Å². The van der Waals surface area contributed by atoms with Gasteiger partial charge in [-0.2, -0.15) is 0 Å². The van der Waals surface area contributed by atoms with Crippen molar-refractivity contribution in [2.75, 3.05) is 24.5 Å². The number of hydrogen-bond acceptors (Lipinski definition) is 7. The number of phenols is 1. The average Bonchev–Trinajstić information content (AvgIpc) is 3.29. The summed E-state index contributed by atoms with van der Waals surface area (Å²) in [5.74, 6) is -0.910. The first-order valence-corrected chi connectivity index (χ1v) is 15.9. The molecular weight excluding hydrogens is 573 g/mol. The zero-order valence-electron chi connectivity index (χ0n) is 25.4. The predicted octanol–water partition coefficient (Wildman–Crippen LogP) is 5.08. The van der Waals surface area contributed by atoms with Gasteiger partial charge in [-0.25, -0.2) is 9.37 Å². The fourth-order valence-corrected chi connectivity index (χ4v) is 6.95. The Bertz CT molecular complexity index is 1590. The minimum absolute atomic E-state index is 0.0133. The number of amides is 2. The summed E-state index contributed by atoms with van der Waals surface area (Å²) in [7, 11) is 0. The summed E-state index contributed by atoms with van der Waals surface area (Å²) in [5, 5.41) is 13.2. The fraction of sp³-hybridized carbons (Fsp3) is 0.429. The van der Waals surface area contributed by atoms with Crippen LogP contribution in [0.15, 0.2) is 54.7 Å². The van der Waals surface area contributed by atoms with Crippen molar-refractivity contribution in [2.24, 2.45) is 17.6 Å². The van der Waals surface area contributed by atoms with Crippen LogP contribution in [0.4, 0.5) is 15.9 Å². The van der Waals surface area contributed by atoms with Crippen molar-refractivity contribution >= 4 is 29.1 Å². The number of carbonyl (C=O) groups is 3. The van der Waals surface area contributed by atoms with Crippen molar-refractivity contribution < 1.29 is 23.9 Å². The number of ketones is 1. The van der Waals surface area contributed by atoms with Crippen molar-refractivity contribution in [3.63, 3.8) is 0 Å². The van der Waals surface area contributed by atoms with Gasteiger partial charge in [0, 0.05) is 51.0 Å². The number of hydrogen-bond donors (Lipinski definition) is 3. The van der Waals surface area contributed by atoms with E-state index in [0.717, 1.165) is 55.0 Å². The van der Waals surface area contributed by atoms with Gasteiger partial charge in [0.1, 0.15) is 11.6 Å². The third-order valence-electron chi connectivity index (χ3n) is 9.47. The minimum Gasteiger partial charge on any atom is -0.508 e. The maximum Gasteiger partial charge on any atom is 0.233 e. The lowest BCUT2D eigenvalue weighted by molar-refractivity contribution is -0.120. The van der Waals surface area contributed by atoms with Crippen LogP contribution < -0.4 is 16.0 Å². The van der Waals surface area contributed by atoms with E-state index in [9.17, 15) is 23.9 Å². The predicted molar refractivity (Wildman–Crippen MR) is 169 cm³/mol. The third-order valence-corrected chi connectivity index (χ3v) is 9.47. The molecule has 2 aromatic carbocycles. The lowest BCUT2D eigenvalue weighted by Crippen LogP contribution is -2.28. The van der Waals surface area contributed by atoms with Crippen molar-refractivity contribution in [3.8, 4) is 16.9 Å². The summed E-state index contributed by atoms with van der Waals surface area (Å²) >= 11 is 0. The summed E-state index contributed by atoms with van der Waals surface area (Å²) in [6.07, 6.45) is 6.84. The second-order valence-electron chi connectivity index (χ2n) is 12.6. The lowest BCUT2D eigenvalue weighted by atomic mass is 9.80. The van der Waals surface area contributed by atoms with Gasteiger partial charge >= 0.3 is 0 Å². The molecule has 1 saturated carbocycles. The van der Waals surface area contributed by atoms with Crippen molar-refractivity contribution in [2.45, 2.75) is 64.0 Å². The van der Waals surface area contributed by atoms with E-state index in [1.807, 2.05) is 24.3 Å². The summed E-state index contributed by atoms with van der Waals surface area (Å²) in [4.78, 5) is 47.5. The molecule has 1 unspecified atom stereocenters. The topological polar surface area (TPSA) is 129 Å². The molecule has 0 radical (unpaired) electrons. The van der Waals surface area contributed by atoms with Crippen LogP contribution in [-0.2, 0) is 16.1 Å². The number of fused-ring (bicyclic) bond motifs is 1. The highest BCUT2D eigenvalue weighted by Crippen LogP contribution is 2.39. The molecule has 0 spiro atoms. The largest absolute Gasteiger partial charge is 0.508 e. The Kier molecular flexibility index (Phi) is 9.23. The lowest BCUT2D eigenvalue weighted by Gasteiger charge is -2.27. The van der Waals surface area contributed by atoms with E-state index < -0.39 is 11.7 Å².